The molecule has 1 atom stereocenters. The van der Waals surface area contributed by atoms with Crippen molar-refractivity contribution in [1.29, 1.82) is 0 Å². The molecule has 3 aromatic rings. The van der Waals surface area contributed by atoms with Gasteiger partial charge in [0.15, 0.2) is 11.4 Å². The smallest absolute Gasteiger partial charge is 0.249 e. The normalized spacial score (nSPS) is 12.0. The quantitative estimate of drug-likeness (QED) is 0.500. The van der Waals surface area contributed by atoms with Gasteiger partial charge in [0.05, 0.1) is 16.4 Å². The number of hydrogen-bond donors (Lipinski definition) is 1. The number of carbonyl (C=O) groups excluding carboxylic acids is 2. The van der Waals surface area contributed by atoms with Crippen molar-refractivity contribution in [3.05, 3.63) is 56.4 Å². The lowest BCUT2D eigenvalue weighted by molar-refractivity contribution is -0.125. The minimum atomic E-state index is -0.700. The summed E-state index contributed by atoms with van der Waals surface area (Å²) in [5, 5.41) is 3.28. The zero-order valence-electron chi connectivity index (χ0n) is 17.4. The highest BCUT2D eigenvalue weighted by atomic mass is 79.9. The number of nitrogens with one attached hydrogen (secondary N) is 1. The van der Waals surface area contributed by atoms with Gasteiger partial charge in [-0.05, 0) is 54.0 Å². The summed E-state index contributed by atoms with van der Waals surface area (Å²) < 4.78 is 8.72. The Kier molecular flexibility index (Phi) is 7.13. The van der Waals surface area contributed by atoms with E-state index in [1.54, 1.807) is 26.1 Å². The van der Waals surface area contributed by atoms with Gasteiger partial charge in [-0.1, -0.05) is 23.2 Å². The highest BCUT2D eigenvalue weighted by molar-refractivity contribution is 9.10. The molecule has 2 heterocycles. The number of nitrogens with zero attached hydrogens (tertiary/aromatic N) is 3. The number of aromatic nitrogens is 2. The van der Waals surface area contributed by atoms with Crippen LogP contribution in [0.2, 0.25) is 10.0 Å². The number of aryl methyl sites for hydroxylation is 1. The van der Waals surface area contributed by atoms with E-state index >= 15 is 0 Å². The van der Waals surface area contributed by atoms with Gasteiger partial charge in [0, 0.05) is 30.8 Å². The number of hydrogen-bond acceptors (Lipinski definition) is 4. The number of rotatable bonds is 6. The summed E-state index contributed by atoms with van der Waals surface area (Å²) in [6.45, 7) is 4.94. The first-order valence-electron chi connectivity index (χ1n) is 9.39. The second kappa shape index (κ2) is 9.46. The number of halogens is 3. The van der Waals surface area contributed by atoms with Gasteiger partial charge in [0.2, 0.25) is 11.8 Å². The van der Waals surface area contributed by atoms with E-state index in [9.17, 15) is 9.59 Å². The van der Waals surface area contributed by atoms with Crippen molar-refractivity contribution in [1.82, 2.24) is 14.7 Å². The third-order valence-electron chi connectivity index (χ3n) is 4.73. The Balaban J connectivity index is 1.87. The maximum Gasteiger partial charge on any atom is 0.249 e. The van der Waals surface area contributed by atoms with Crippen LogP contribution in [-0.2, 0) is 16.2 Å². The Hall–Kier alpha value is -2.29. The van der Waals surface area contributed by atoms with E-state index in [0.29, 0.717) is 32.7 Å². The molecule has 0 aliphatic carbocycles. The SMILES string of the molecule is CC(=O)N[C@@H](C)C(=O)N(C)c1ccc(Cl)c(COc2cccn3c(Br)c(C)nc23)c1Cl. The lowest BCUT2D eigenvalue weighted by Crippen LogP contribution is -2.45. The van der Waals surface area contributed by atoms with Gasteiger partial charge in [-0.2, -0.15) is 0 Å². The first kappa shape index (κ1) is 23.4. The van der Waals surface area contributed by atoms with Crippen molar-refractivity contribution in [2.45, 2.75) is 33.4 Å². The van der Waals surface area contributed by atoms with Crippen LogP contribution < -0.4 is 15.0 Å². The predicted octanol–water partition coefficient (Wildman–Crippen LogP) is 4.78. The summed E-state index contributed by atoms with van der Waals surface area (Å²) in [5.41, 5.74) is 2.50. The third kappa shape index (κ3) is 4.81. The molecule has 0 saturated heterocycles. The van der Waals surface area contributed by atoms with Crippen molar-refractivity contribution < 1.29 is 14.3 Å². The first-order chi connectivity index (χ1) is 14.6. The molecule has 2 amide bonds. The van der Waals surface area contributed by atoms with Crippen LogP contribution in [0, 0.1) is 6.92 Å². The maximum absolute atomic E-state index is 12.7. The molecule has 0 fully saturated rings. The number of ether oxygens (including phenoxy) is 1. The van der Waals surface area contributed by atoms with Gasteiger partial charge in [-0.15, -0.1) is 0 Å². The molecule has 164 valence electrons. The second-order valence-electron chi connectivity index (χ2n) is 7.02. The number of imidazole rings is 1. The summed E-state index contributed by atoms with van der Waals surface area (Å²) in [7, 11) is 1.59. The Bertz CT molecular complexity index is 1170. The summed E-state index contributed by atoms with van der Waals surface area (Å²) in [4.78, 5) is 29.8. The van der Waals surface area contributed by atoms with E-state index in [1.165, 1.54) is 11.8 Å². The summed E-state index contributed by atoms with van der Waals surface area (Å²) in [5.74, 6) is -0.0353. The summed E-state index contributed by atoms with van der Waals surface area (Å²) in [6, 6.07) is 6.27. The van der Waals surface area contributed by atoms with Gasteiger partial charge >= 0.3 is 0 Å². The molecule has 7 nitrogen and oxygen atoms in total. The molecule has 0 spiro atoms. The molecule has 3 rings (SSSR count). The van der Waals surface area contributed by atoms with Crippen molar-refractivity contribution in [3.63, 3.8) is 0 Å². The minimum absolute atomic E-state index is 0.0813. The van der Waals surface area contributed by atoms with Crippen molar-refractivity contribution >= 4 is 62.3 Å². The zero-order valence-corrected chi connectivity index (χ0v) is 20.5. The highest BCUT2D eigenvalue weighted by Gasteiger charge is 2.23. The van der Waals surface area contributed by atoms with Crippen LogP contribution in [0.15, 0.2) is 35.1 Å². The van der Waals surface area contributed by atoms with Gasteiger partial charge in [-0.25, -0.2) is 4.98 Å². The molecule has 0 saturated carbocycles. The number of carbonyl (C=O) groups is 2. The van der Waals surface area contributed by atoms with Crippen LogP contribution in [0.4, 0.5) is 5.69 Å². The Morgan fingerprint density at radius 1 is 1.32 bits per heavy atom. The first-order valence-corrected chi connectivity index (χ1v) is 10.9. The molecule has 0 unspecified atom stereocenters. The van der Waals surface area contributed by atoms with E-state index in [2.05, 4.69) is 26.2 Å². The van der Waals surface area contributed by atoms with Crippen LogP contribution >= 0.6 is 39.1 Å². The minimum Gasteiger partial charge on any atom is -0.485 e. The van der Waals surface area contributed by atoms with Gasteiger partial charge < -0.3 is 15.0 Å². The van der Waals surface area contributed by atoms with Crippen LogP contribution in [0.25, 0.3) is 5.65 Å². The molecule has 0 radical (unpaired) electrons. The van der Waals surface area contributed by atoms with Gasteiger partial charge in [0.1, 0.15) is 17.3 Å². The Morgan fingerprint density at radius 3 is 2.71 bits per heavy atom. The average Bonchev–Trinajstić information content (AvgIpc) is 3.01. The molecule has 0 bridgehead atoms. The van der Waals surface area contributed by atoms with Crippen LogP contribution in [0.1, 0.15) is 25.1 Å². The lowest BCUT2D eigenvalue weighted by Gasteiger charge is -2.24. The molecule has 31 heavy (non-hydrogen) atoms. The third-order valence-corrected chi connectivity index (χ3v) is 6.47. The fourth-order valence-corrected chi connectivity index (χ4v) is 4.12. The fourth-order valence-electron chi connectivity index (χ4n) is 3.14. The fraction of sp³-hybridized carbons (Fsp3) is 0.286. The monoisotopic (exact) mass is 526 g/mol. The number of anilines is 1. The molecule has 2 aromatic heterocycles. The Morgan fingerprint density at radius 2 is 2.03 bits per heavy atom. The maximum atomic E-state index is 12.7. The van der Waals surface area contributed by atoms with Crippen LogP contribution in [0.3, 0.4) is 0 Å². The second-order valence-corrected chi connectivity index (χ2v) is 8.56. The number of benzene rings is 1. The van der Waals surface area contributed by atoms with Crippen molar-refractivity contribution in [2.24, 2.45) is 0 Å². The topological polar surface area (TPSA) is 75.9 Å². The molecule has 1 N–H and O–H groups in total. The van der Waals surface area contributed by atoms with Crippen molar-refractivity contribution in [2.75, 3.05) is 11.9 Å². The van der Waals surface area contributed by atoms with Crippen LogP contribution in [0.5, 0.6) is 5.75 Å². The van der Waals surface area contributed by atoms with Gasteiger partial charge in [-0.3, -0.25) is 14.0 Å². The van der Waals surface area contributed by atoms with E-state index < -0.39 is 6.04 Å². The number of fused-ring (bicyclic) bond motifs is 1. The van der Waals surface area contributed by atoms with E-state index in [4.69, 9.17) is 27.9 Å². The largest absolute Gasteiger partial charge is 0.485 e. The summed E-state index contributed by atoms with van der Waals surface area (Å²) in [6.07, 6.45) is 1.88. The number of amides is 2. The molecule has 10 heteroatoms. The lowest BCUT2D eigenvalue weighted by atomic mass is 10.1. The molecule has 0 aliphatic rings. The number of pyridine rings is 1. The van der Waals surface area contributed by atoms with Gasteiger partial charge in [0.25, 0.3) is 0 Å². The van der Waals surface area contributed by atoms with Crippen molar-refractivity contribution in [3.8, 4) is 5.75 Å². The molecule has 0 aliphatic heterocycles. The zero-order chi connectivity index (χ0) is 22.9. The van der Waals surface area contributed by atoms with E-state index in [0.717, 1.165) is 10.3 Å². The number of likely N-dealkylation sites (N-methyl/N-ethyl adjacent to an activating group) is 1. The highest BCUT2D eigenvalue weighted by Crippen LogP contribution is 2.35. The molecular formula is C21H21BrCl2N4O3. The van der Waals surface area contributed by atoms with E-state index in [1.807, 2.05) is 29.7 Å². The Labute approximate surface area is 198 Å². The predicted molar refractivity (Wildman–Crippen MR) is 125 cm³/mol. The standard InChI is InChI=1S/C21H21BrCl2N4O3/c1-11-19(22)28-9-5-6-17(20(28)26-11)31-10-14-15(23)7-8-16(18(14)24)27(4)21(30)12(2)25-13(3)29/h5-9,12H,10H2,1-4H3,(H,25,29)/t12-/m0/s1. The molecule has 1 aromatic carbocycles. The van der Waals surface area contributed by atoms with Crippen LogP contribution in [-0.4, -0.2) is 34.3 Å². The van der Waals surface area contributed by atoms with E-state index in [-0.39, 0.29) is 18.4 Å². The average molecular weight is 528 g/mol. The molecular weight excluding hydrogens is 507 g/mol. The summed E-state index contributed by atoms with van der Waals surface area (Å²) >= 11 is 16.5.